The second kappa shape index (κ2) is 7.46. The summed E-state index contributed by atoms with van der Waals surface area (Å²) in [4.78, 5) is 22.1. The molecular formula is C15H9Cl3N2O3. The quantitative estimate of drug-likeness (QED) is 0.456. The van der Waals surface area contributed by atoms with Crippen molar-refractivity contribution in [1.29, 1.82) is 0 Å². The van der Waals surface area contributed by atoms with Gasteiger partial charge in [-0.15, -0.1) is 0 Å². The molecule has 2 rings (SSSR count). The summed E-state index contributed by atoms with van der Waals surface area (Å²) in [6, 6.07) is 8.91. The maximum Gasteiger partial charge on any atom is 0.288 e. The van der Waals surface area contributed by atoms with Crippen LogP contribution in [-0.2, 0) is 4.79 Å². The van der Waals surface area contributed by atoms with Crippen LogP contribution in [0, 0.1) is 10.1 Å². The van der Waals surface area contributed by atoms with Gasteiger partial charge in [-0.3, -0.25) is 14.9 Å². The lowest BCUT2D eigenvalue weighted by molar-refractivity contribution is -0.384. The molecule has 0 fully saturated rings. The lowest BCUT2D eigenvalue weighted by atomic mass is 10.2. The molecule has 0 aliphatic rings. The van der Waals surface area contributed by atoms with E-state index in [1.165, 1.54) is 30.4 Å². The van der Waals surface area contributed by atoms with E-state index >= 15 is 0 Å². The molecule has 0 saturated heterocycles. The van der Waals surface area contributed by atoms with Crippen LogP contribution in [0.3, 0.4) is 0 Å². The van der Waals surface area contributed by atoms with Gasteiger partial charge in [-0.1, -0.05) is 40.9 Å². The monoisotopic (exact) mass is 370 g/mol. The number of benzene rings is 2. The van der Waals surface area contributed by atoms with Gasteiger partial charge in [0.1, 0.15) is 5.02 Å². The molecular weight excluding hydrogens is 363 g/mol. The van der Waals surface area contributed by atoms with Gasteiger partial charge in [-0.2, -0.15) is 0 Å². The summed E-state index contributed by atoms with van der Waals surface area (Å²) in [7, 11) is 0. The van der Waals surface area contributed by atoms with E-state index in [2.05, 4.69) is 5.32 Å². The van der Waals surface area contributed by atoms with Crippen LogP contribution in [0.1, 0.15) is 5.56 Å². The van der Waals surface area contributed by atoms with Gasteiger partial charge in [0, 0.05) is 17.2 Å². The summed E-state index contributed by atoms with van der Waals surface area (Å²) in [5.74, 6) is -0.452. The zero-order valence-electron chi connectivity index (χ0n) is 11.4. The number of amides is 1. The Bertz CT molecular complexity index is 807. The molecule has 5 nitrogen and oxygen atoms in total. The van der Waals surface area contributed by atoms with Gasteiger partial charge in [0.2, 0.25) is 5.91 Å². The van der Waals surface area contributed by atoms with Crippen LogP contribution < -0.4 is 5.32 Å². The number of nitro groups is 1. The molecule has 0 spiro atoms. The Morgan fingerprint density at radius 2 is 1.78 bits per heavy atom. The Hall–Kier alpha value is -2.08. The zero-order valence-corrected chi connectivity index (χ0v) is 13.7. The lowest BCUT2D eigenvalue weighted by Gasteiger charge is -2.05. The molecule has 0 radical (unpaired) electrons. The molecule has 0 aliphatic heterocycles. The predicted molar refractivity (Wildman–Crippen MR) is 92.2 cm³/mol. The van der Waals surface area contributed by atoms with E-state index in [1.54, 1.807) is 18.2 Å². The molecule has 2 aromatic rings. The number of carbonyl (C=O) groups is 1. The Labute approximate surface area is 146 Å². The van der Waals surface area contributed by atoms with Crippen molar-refractivity contribution in [1.82, 2.24) is 0 Å². The highest BCUT2D eigenvalue weighted by molar-refractivity contribution is 6.35. The predicted octanol–water partition coefficient (Wildman–Crippen LogP) is 5.21. The van der Waals surface area contributed by atoms with Crippen LogP contribution in [0.4, 0.5) is 11.4 Å². The third-order valence-electron chi connectivity index (χ3n) is 2.78. The molecule has 1 N–H and O–H groups in total. The van der Waals surface area contributed by atoms with Crippen LogP contribution in [-0.4, -0.2) is 10.8 Å². The normalized spacial score (nSPS) is 10.7. The Kier molecular flexibility index (Phi) is 5.60. The first-order chi connectivity index (χ1) is 10.9. The standard InChI is InChI=1S/C15H9Cl3N2O3/c16-10-3-5-11(17)13(8-10)19-15(21)6-2-9-1-4-12(18)14(7-9)20(22)23/h1-8H,(H,19,21). The molecule has 23 heavy (non-hydrogen) atoms. The van der Waals surface area contributed by atoms with Crippen LogP contribution in [0.15, 0.2) is 42.5 Å². The van der Waals surface area contributed by atoms with Gasteiger partial charge >= 0.3 is 0 Å². The largest absolute Gasteiger partial charge is 0.321 e. The number of hydrogen-bond donors (Lipinski definition) is 1. The zero-order chi connectivity index (χ0) is 17.0. The first kappa shape index (κ1) is 17.3. The average molecular weight is 372 g/mol. The smallest absolute Gasteiger partial charge is 0.288 e. The molecule has 0 heterocycles. The fourth-order valence-corrected chi connectivity index (χ4v) is 2.24. The molecule has 0 saturated carbocycles. The van der Waals surface area contributed by atoms with Crippen molar-refractivity contribution in [3.63, 3.8) is 0 Å². The number of hydrogen-bond acceptors (Lipinski definition) is 3. The molecule has 2 aromatic carbocycles. The number of carbonyl (C=O) groups excluding carboxylic acids is 1. The van der Waals surface area contributed by atoms with E-state index in [4.69, 9.17) is 34.8 Å². The van der Waals surface area contributed by atoms with E-state index < -0.39 is 10.8 Å². The molecule has 0 aromatic heterocycles. The summed E-state index contributed by atoms with van der Waals surface area (Å²) in [6.45, 7) is 0. The van der Waals surface area contributed by atoms with E-state index in [9.17, 15) is 14.9 Å². The highest BCUT2D eigenvalue weighted by atomic mass is 35.5. The lowest BCUT2D eigenvalue weighted by Crippen LogP contribution is -2.08. The van der Waals surface area contributed by atoms with Crippen LogP contribution in [0.2, 0.25) is 15.1 Å². The molecule has 8 heteroatoms. The highest BCUT2D eigenvalue weighted by Crippen LogP contribution is 2.26. The number of nitrogens with one attached hydrogen (secondary N) is 1. The third kappa shape index (κ3) is 4.69. The maximum absolute atomic E-state index is 11.9. The number of nitro benzene ring substituents is 1. The van der Waals surface area contributed by atoms with Gasteiger partial charge in [-0.05, 0) is 35.9 Å². The van der Waals surface area contributed by atoms with E-state index in [-0.39, 0.29) is 10.7 Å². The van der Waals surface area contributed by atoms with Crippen LogP contribution in [0.5, 0.6) is 0 Å². The fraction of sp³-hybridized carbons (Fsp3) is 0. The van der Waals surface area contributed by atoms with E-state index in [1.807, 2.05) is 0 Å². The summed E-state index contributed by atoms with van der Waals surface area (Å²) in [6.07, 6.45) is 2.65. The number of nitrogens with zero attached hydrogens (tertiary/aromatic N) is 1. The Morgan fingerprint density at radius 1 is 1.09 bits per heavy atom. The molecule has 0 atom stereocenters. The van der Waals surface area contributed by atoms with Crippen molar-refractivity contribution < 1.29 is 9.72 Å². The van der Waals surface area contributed by atoms with Crippen molar-refractivity contribution >= 4 is 58.2 Å². The third-order valence-corrected chi connectivity index (χ3v) is 3.66. The van der Waals surface area contributed by atoms with Crippen molar-refractivity contribution in [2.24, 2.45) is 0 Å². The van der Waals surface area contributed by atoms with Crippen molar-refractivity contribution in [3.05, 3.63) is 73.2 Å². The minimum absolute atomic E-state index is 0.0299. The summed E-state index contributed by atoms with van der Waals surface area (Å²) >= 11 is 17.5. The first-order valence-electron chi connectivity index (χ1n) is 6.25. The molecule has 0 bridgehead atoms. The number of halogens is 3. The Morgan fingerprint density at radius 3 is 2.48 bits per heavy atom. The van der Waals surface area contributed by atoms with E-state index in [0.29, 0.717) is 21.3 Å². The van der Waals surface area contributed by atoms with Gasteiger partial charge in [0.05, 0.1) is 15.6 Å². The van der Waals surface area contributed by atoms with Gasteiger partial charge < -0.3 is 5.32 Å². The van der Waals surface area contributed by atoms with Crippen LogP contribution >= 0.6 is 34.8 Å². The second-order valence-electron chi connectivity index (χ2n) is 4.41. The molecule has 0 unspecified atom stereocenters. The molecule has 118 valence electrons. The minimum atomic E-state index is -0.592. The van der Waals surface area contributed by atoms with Gasteiger partial charge in [0.25, 0.3) is 5.69 Å². The van der Waals surface area contributed by atoms with Gasteiger partial charge in [0.15, 0.2) is 0 Å². The minimum Gasteiger partial charge on any atom is -0.321 e. The van der Waals surface area contributed by atoms with Crippen LogP contribution in [0.25, 0.3) is 6.08 Å². The molecule has 1 amide bonds. The Balaban J connectivity index is 2.14. The first-order valence-corrected chi connectivity index (χ1v) is 7.38. The highest BCUT2D eigenvalue weighted by Gasteiger charge is 2.11. The topological polar surface area (TPSA) is 72.2 Å². The summed E-state index contributed by atoms with van der Waals surface area (Å²) in [5, 5.41) is 14.2. The van der Waals surface area contributed by atoms with Crippen molar-refractivity contribution in [2.75, 3.05) is 5.32 Å². The summed E-state index contributed by atoms with van der Waals surface area (Å²) < 4.78 is 0. The fourth-order valence-electron chi connectivity index (χ4n) is 1.71. The van der Waals surface area contributed by atoms with Crippen molar-refractivity contribution in [2.45, 2.75) is 0 Å². The molecule has 0 aliphatic carbocycles. The van der Waals surface area contributed by atoms with Gasteiger partial charge in [-0.25, -0.2) is 0 Å². The number of rotatable bonds is 4. The SMILES string of the molecule is O=C(C=Cc1ccc(Cl)c([N+](=O)[O-])c1)Nc1cc(Cl)ccc1Cl. The maximum atomic E-state index is 11.9. The van der Waals surface area contributed by atoms with Crippen molar-refractivity contribution in [3.8, 4) is 0 Å². The second-order valence-corrected chi connectivity index (χ2v) is 5.67. The summed E-state index contributed by atoms with van der Waals surface area (Å²) in [5.41, 5.74) is 0.608. The average Bonchev–Trinajstić information content (AvgIpc) is 2.50. The van der Waals surface area contributed by atoms with E-state index in [0.717, 1.165) is 0 Å². The number of anilines is 1.